The smallest absolute Gasteiger partial charge is 0.156 e. The molecule has 0 saturated heterocycles. The number of allylic oxidation sites excluding steroid dienone is 5. The van der Waals surface area contributed by atoms with Gasteiger partial charge in [-0.05, 0) is 97.0 Å². The Labute approximate surface area is 183 Å². The molecule has 4 aliphatic carbocycles. The summed E-state index contributed by atoms with van der Waals surface area (Å²) in [5.74, 6) is 4.11. The Kier molecular flexibility index (Phi) is 5.86. The first-order valence-electron chi connectivity index (χ1n) is 12.3. The van der Waals surface area contributed by atoms with E-state index in [2.05, 4.69) is 45.6 Å². The van der Waals surface area contributed by atoms with Crippen LogP contribution in [-0.4, -0.2) is 5.78 Å². The van der Waals surface area contributed by atoms with Gasteiger partial charge in [-0.1, -0.05) is 52.3 Å². The highest BCUT2D eigenvalue weighted by Crippen LogP contribution is 2.66. The fraction of sp³-hybridized carbons (Fsp3) is 0.714. The number of carbonyl (C=O) groups is 1. The first kappa shape index (κ1) is 21.6. The first-order chi connectivity index (χ1) is 14.3. The van der Waals surface area contributed by atoms with Gasteiger partial charge in [-0.2, -0.15) is 5.26 Å². The first-order valence-corrected chi connectivity index (χ1v) is 12.3. The largest absolute Gasteiger partial charge is 0.295 e. The van der Waals surface area contributed by atoms with Crippen molar-refractivity contribution in [1.82, 2.24) is 0 Å². The number of hydrogen-bond acceptors (Lipinski definition) is 2. The van der Waals surface area contributed by atoms with Gasteiger partial charge in [0, 0.05) is 12.0 Å². The van der Waals surface area contributed by atoms with Gasteiger partial charge in [0.25, 0.3) is 0 Å². The molecule has 0 amide bonds. The summed E-state index contributed by atoms with van der Waals surface area (Å²) < 4.78 is 0. The van der Waals surface area contributed by atoms with E-state index in [1.807, 2.05) is 6.08 Å². The van der Waals surface area contributed by atoms with Crippen LogP contribution < -0.4 is 0 Å². The van der Waals surface area contributed by atoms with E-state index in [-0.39, 0.29) is 5.41 Å². The number of nitriles is 1. The van der Waals surface area contributed by atoms with Crippen LogP contribution in [0.25, 0.3) is 0 Å². The fourth-order valence-electron chi connectivity index (χ4n) is 8.03. The minimum absolute atomic E-state index is 0.210. The van der Waals surface area contributed by atoms with Crippen molar-refractivity contribution in [2.75, 3.05) is 0 Å². The van der Waals surface area contributed by atoms with Crippen molar-refractivity contribution < 1.29 is 4.79 Å². The van der Waals surface area contributed by atoms with Gasteiger partial charge in [0.05, 0.1) is 6.07 Å². The Morgan fingerprint density at radius 1 is 1.23 bits per heavy atom. The van der Waals surface area contributed by atoms with Crippen molar-refractivity contribution in [3.8, 4) is 6.07 Å². The summed E-state index contributed by atoms with van der Waals surface area (Å²) in [6.07, 6.45) is 18.4. The van der Waals surface area contributed by atoms with E-state index in [9.17, 15) is 4.79 Å². The predicted molar refractivity (Wildman–Crippen MR) is 122 cm³/mol. The lowest BCUT2D eigenvalue weighted by Gasteiger charge is -2.56. The summed E-state index contributed by atoms with van der Waals surface area (Å²) >= 11 is 0. The zero-order chi connectivity index (χ0) is 21.5. The molecule has 0 aliphatic heterocycles. The van der Waals surface area contributed by atoms with Gasteiger partial charge >= 0.3 is 0 Å². The highest BCUT2D eigenvalue weighted by atomic mass is 16.1. The second-order valence-corrected chi connectivity index (χ2v) is 11.3. The molecule has 2 heteroatoms. The van der Waals surface area contributed by atoms with Crippen LogP contribution in [0.15, 0.2) is 36.0 Å². The third-order valence-electron chi connectivity index (χ3n) is 9.82. The third kappa shape index (κ3) is 3.53. The molecule has 0 bridgehead atoms. The molecule has 0 aromatic rings. The lowest BCUT2D eigenvalue weighted by Crippen LogP contribution is -2.49. The Hall–Kier alpha value is -1.62. The van der Waals surface area contributed by atoms with Crippen molar-refractivity contribution >= 4 is 5.78 Å². The highest BCUT2D eigenvalue weighted by Gasteiger charge is 2.58. The van der Waals surface area contributed by atoms with Crippen molar-refractivity contribution in [1.29, 1.82) is 5.26 Å². The maximum Gasteiger partial charge on any atom is 0.156 e. The van der Waals surface area contributed by atoms with E-state index < -0.39 is 0 Å². The molecule has 0 heterocycles. The maximum absolute atomic E-state index is 12.0. The van der Waals surface area contributed by atoms with Gasteiger partial charge in [-0.3, -0.25) is 4.79 Å². The molecular weight excluding hydrogens is 366 g/mol. The molecule has 0 aromatic carbocycles. The molecule has 30 heavy (non-hydrogen) atoms. The Morgan fingerprint density at radius 3 is 2.80 bits per heavy atom. The van der Waals surface area contributed by atoms with Gasteiger partial charge in [0.1, 0.15) is 0 Å². The third-order valence-corrected chi connectivity index (χ3v) is 9.82. The molecule has 4 aliphatic rings. The van der Waals surface area contributed by atoms with Gasteiger partial charge in [-0.25, -0.2) is 0 Å². The number of fused-ring (bicyclic) bond motifs is 5. The SMILES string of the molecule is C=C(C#N)CCCCC(C)C1CCC2C3C=CC4=CC(=O)CCC4(C)C3CCC12C. The number of carbonyl (C=O) groups excluding carboxylic acids is 1. The predicted octanol–water partition coefficient (Wildman–Crippen LogP) is 7.19. The molecule has 0 N–H and O–H groups in total. The van der Waals surface area contributed by atoms with E-state index in [4.69, 9.17) is 5.26 Å². The minimum Gasteiger partial charge on any atom is -0.295 e. The number of unbranched alkanes of at least 4 members (excludes halogenated alkanes) is 1. The molecule has 7 unspecified atom stereocenters. The van der Waals surface area contributed by atoms with Crippen LogP contribution in [0.5, 0.6) is 0 Å². The van der Waals surface area contributed by atoms with Crippen molar-refractivity contribution in [2.24, 2.45) is 40.4 Å². The van der Waals surface area contributed by atoms with Crippen molar-refractivity contribution in [3.63, 3.8) is 0 Å². The van der Waals surface area contributed by atoms with Gasteiger partial charge in [-0.15, -0.1) is 0 Å². The molecule has 2 saturated carbocycles. The number of hydrogen-bond donors (Lipinski definition) is 0. The summed E-state index contributed by atoms with van der Waals surface area (Å²) in [5.41, 5.74) is 2.71. The molecule has 0 aromatic heterocycles. The quantitative estimate of drug-likeness (QED) is 0.347. The average molecular weight is 406 g/mol. The summed E-state index contributed by atoms with van der Waals surface area (Å²) in [6.45, 7) is 11.3. The Balaban J connectivity index is 1.46. The fourth-order valence-corrected chi connectivity index (χ4v) is 8.03. The van der Waals surface area contributed by atoms with Crippen LogP contribution in [0, 0.1) is 51.8 Å². The molecule has 0 spiro atoms. The van der Waals surface area contributed by atoms with Crippen LogP contribution >= 0.6 is 0 Å². The van der Waals surface area contributed by atoms with Gasteiger partial charge in [0.2, 0.25) is 0 Å². The minimum atomic E-state index is 0.210. The topological polar surface area (TPSA) is 40.9 Å². The monoisotopic (exact) mass is 405 g/mol. The second-order valence-electron chi connectivity index (χ2n) is 11.3. The molecular formula is C28H39NO. The van der Waals surface area contributed by atoms with Crippen molar-refractivity contribution in [3.05, 3.63) is 36.0 Å². The van der Waals surface area contributed by atoms with Gasteiger partial charge in [0.15, 0.2) is 5.78 Å². The van der Waals surface area contributed by atoms with E-state index in [0.29, 0.717) is 23.0 Å². The average Bonchev–Trinajstić information content (AvgIpc) is 3.08. The van der Waals surface area contributed by atoms with E-state index in [1.165, 1.54) is 44.1 Å². The zero-order valence-corrected chi connectivity index (χ0v) is 19.3. The molecule has 162 valence electrons. The molecule has 2 fully saturated rings. The second kappa shape index (κ2) is 8.14. The van der Waals surface area contributed by atoms with Crippen LogP contribution in [-0.2, 0) is 4.79 Å². The highest BCUT2D eigenvalue weighted by molar-refractivity contribution is 5.92. The summed E-state index contributed by atoms with van der Waals surface area (Å²) in [5, 5.41) is 8.90. The van der Waals surface area contributed by atoms with Crippen LogP contribution in [0.2, 0.25) is 0 Å². The molecule has 0 radical (unpaired) electrons. The van der Waals surface area contributed by atoms with E-state index in [1.54, 1.807) is 0 Å². The maximum atomic E-state index is 12.0. The normalized spacial score (nSPS) is 40.6. The summed E-state index contributed by atoms with van der Waals surface area (Å²) in [6, 6.07) is 2.18. The molecule has 2 nitrogen and oxygen atoms in total. The van der Waals surface area contributed by atoms with Crippen LogP contribution in [0.4, 0.5) is 0 Å². The Bertz CT molecular complexity index is 813. The molecule has 4 rings (SSSR count). The molecule has 7 atom stereocenters. The Morgan fingerprint density at radius 2 is 2.03 bits per heavy atom. The van der Waals surface area contributed by atoms with E-state index >= 15 is 0 Å². The van der Waals surface area contributed by atoms with E-state index in [0.717, 1.165) is 49.0 Å². The zero-order valence-electron chi connectivity index (χ0n) is 19.3. The lowest BCUT2D eigenvalue weighted by molar-refractivity contribution is -0.116. The summed E-state index contributed by atoms with van der Waals surface area (Å²) in [7, 11) is 0. The number of nitrogens with zero attached hydrogens (tertiary/aromatic N) is 1. The number of rotatable bonds is 6. The summed E-state index contributed by atoms with van der Waals surface area (Å²) in [4.78, 5) is 12.0. The number of ketones is 1. The van der Waals surface area contributed by atoms with Crippen molar-refractivity contribution in [2.45, 2.75) is 85.0 Å². The van der Waals surface area contributed by atoms with Gasteiger partial charge < -0.3 is 0 Å². The van der Waals surface area contributed by atoms with Crippen LogP contribution in [0.3, 0.4) is 0 Å². The van der Waals surface area contributed by atoms with Crippen LogP contribution in [0.1, 0.15) is 85.0 Å². The standard InChI is InChI=1S/C28H39NO/c1-19(18-29)7-5-6-8-20(2)24-11-12-25-23-10-9-21-17-22(30)13-15-27(21,3)26(23)14-16-28(24,25)4/h9-10,17,20,23-26H,1,5-8,11-16H2,2-4H3. The lowest BCUT2D eigenvalue weighted by atomic mass is 9.48.